The molecule has 0 bridgehead atoms. The van der Waals surface area contributed by atoms with Crippen LogP contribution in [0.1, 0.15) is 42.1 Å². The topological polar surface area (TPSA) is 32.3 Å². The van der Waals surface area contributed by atoms with Crippen LogP contribution in [0.25, 0.3) is 0 Å². The maximum absolute atomic E-state index is 13.8. The van der Waals surface area contributed by atoms with E-state index in [9.17, 15) is 9.50 Å². The van der Waals surface area contributed by atoms with Crippen molar-refractivity contribution in [1.82, 2.24) is 5.32 Å². The van der Waals surface area contributed by atoms with Crippen molar-refractivity contribution in [1.29, 1.82) is 0 Å². The second kappa shape index (κ2) is 5.25. The molecule has 2 N–H and O–H groups in total. The molecule has 0 saturated heterocycles. The number of hydrogen-bond donors (Lipinski definition) is 2. The average molecular weight is 271 g/mol. The summed E-state index contributed by atoms with van der Waals surface area (Å²) >= 11 is 0. The van der Waals surface area contributed by atoms with Crippen molar-refractivity contribution in [2.24, 2.45) is 0 Å². The molecule has 1 aliphatic rings. The maximum atomic E-state index is 13.8. The van der Waals surface area contributed by atoms with Crippen LogP contribution in [0, 0.1) is 5.82 Å². The summed E-state index contributed by atoms with van der Waals surface area (Å²) in [5, 5.41) is 13.0. The highest BCUT2D eigenvalue weighted by atomic mass is 19.1. The molecule has 2 atom stereocenters. The van der Waals surface area contributed by atoms with Crippen LogP contribution in [0.3, 0.4) is 0 Å². The van der Waals surface area contributed by atoms with Gasteiger partial charge in [-0.25, -0.2) is 4.39 Å². The first-order valence-corrected chi connectivity index (χ1v) is 6.97. The lowest BCUT2D eigenvalue weighted by Crippen LogP contribution is -2.23. The van der Waals surface area contributed by atoms with Crippen LogP contribution in [-0.2, 0) is 6.42 Å². The summed E-state index contributed by atoms with van der Waals surface area (Å²) in [5.41, 5.74) is 3.09. The predicted octanol–water partition coefficient (Wildman–Crippen LogP) is 3.87. The molecule has 0 aromatic heterocycles. The highest BCUT2D eigenvalue weighted by molar-refractivity contribution is 5.40. The molecule has 20 heavy (non-hydrogen) atoms. The Hall–Kier alpha value is -1.87. The Bertz CT molecular complexity index is 626. The predicted molar refractivity (Wildman–Crippen MR) is 77.1 cm³/mol. The van der Waals surface area contributed by atoms with E-state index in [0.717, 1.165) is 12.8 Å². The second-order valence-electron chi connectivity index (χ2n) is 5.38. The van der Waals surface area contributed by atoms with Gasteiger partial charge in [-0.1, -0.05) is 24.3 Å². The highest BCUT2D eigenvalue weighted by Crippen LogP contribution is 2.35. The van der Waals surface area contributed by atoms with Gasteiger partial charge in [0.2, 0.25) is 0 Å². The van der Waals surface area contributed by atoms with Gasteiger partial charge in [0.15, 0.2) is 0 Å². The summed E-state index contributed by atoms with van der Waals surface area (Å²) in [6.45, 7) is 1.98. The van der Waals surface area contributed by atoms with Crippen molar-refractivity contribution in [2.45, 2.75) is 31.8 Å². The van der Waals surface area contributed by atoms with Crippen LogP contribution in [0.15, 0.2) is 42.5 Å². The number of rotatable bonds is 3. The quantitative estimate of drug-likeness (QED) is 0.888. The molecule has 3 heteroatoms. The van der Waals surface area contributed by atoms with Crippen molar-refractivity contribution in [3.05, 3.63) is 65.0 Å². The summed E-state index contributed by atoms with van der Waals surface area (Å²) in [5.74, 6) is 0.142. The van der Waals surface area contributed by atoms with Gasteiger partial charge in [-0.15, -0.1) is 0 Å². The van der Waals surface area contributed by atoms with Crippen molar-refractivity contribution in [3.8, 4) is 5.75 Å². The van der Waals surface area contributed by atoms with Crippen molar-refractivity contribution < 1.29 is 9.50 Å². The Kier molecular flexibility index (Phi) is 3.45. The Labute approximate surface area is 118 Å². The molecule has 1 aliphatic carbocycles. The fourth-order valence-corrected chi connectivity index (χ4v) is 2.99. The molecule has 104 valence electrons. The fourth-order valence-electron chi connectivity index (χ4n) is 2.99. The first kappa shape index (κ1) is 13.1. The van der Waals surface area contributed by atoms with Gasteiger partial charge in [0, 0.05) is 17.6 Å². The van der Waals surface area contributed by atoms with E-state index in [0.29, 0.717) is 11.3 Å². The van der Waals surface area contributed by atoms with E-state index in [1.807, 2.05) is 31.2 Å². The number of phenols is 1. The van der Waals surface area contributed by atoms with E-state index in [-0.39, 0.29) is 17.9 Å². The highest BCUT2D eigenvalue weighted by Gasteiger charge is 2.24. The smallest absolute Gasteiger partial charge is 0.127 e. The van der Waals surface area contributed by atoms with Crippen LogP contribution in [0.4, 0.5) is 4.39 Å². The molecule has 2 nitrogen and oxygen atoms in total. The Balaban J connectivity index is 1.79. The van der Waals surface area contributed by atoms with E-state index in [4.69, 9.17) is 0 Å². The molecule has 0 amide bonds. The third kappa shape index (κ3) is 2.41. The van der Waals surface area contributed by atoms with E-state index in [1.165, 1.54) is 17.2 Å². The van der Waals surface area contributed by atoms with Crippen LogP contribution < -0.4 is 5.32 Å². The fraction of sp³-hybridized carbons (Fsp3) is 0.294. The molecule has 0 radical (unpaired) electrons. The monoisotopic (exact) mass is 271 g/mol. The Morgan fingerprint density at radius 1 is 1.25 bits per heavy atom. The van der Waals surface area contributed by atoms with Crippen molar-refractivity contribution in [3.63, 3.8) is 0 Å². The lowest BCUT2D eigenvalue weighted by Gasteiger charge is -2.21. The van der Waals surface area contributed by atoms with Gasteiger partial charge in [-0.3, -0.25) is 0 Å². The van der Waals surface area contributed by atoms with Gasteiger partial charge in [-0.2, -0.15) is 0 Å². The van der Waals surface area contributed by atoms with Gasteiger partial charge < -0.3 is 10.4 Å². The second-order valence-corrected chi connectivity index (χ2v) is 5.38. The van der Waals surface area contributed by atoms with Crippen molar-refractivity contribution >= 4 is 0 Å². The minimum absolute atomic E-state index is 0.0408. The normalized spacial score (nSPS) is 18.8. The molecular formula is C17H18FNO. The maximum Gasteiger partial charge on any atom is 0.127 e. The molecule has 3 rings (SSSR count). The summed E-state index contributed by atoms with van der Waals surface area (Å²) < 4.78 is 13.8. The molecule has 2 unspecified atom stereocenters. The zero-order valence-corrected chi connectivity index (χ0v) is 11.4. The van der Waals surface area contributed by atoms with E-state index >= 15 is 0 Å². The summed E-state index contributed by atoms with van der Waals surface area (Å²) in [6, 6.07) is 12.6. The first-order chi connectivity index (χ1) is 9.65. The Morgan fingerprint density at radius 2 is 2.05 bits per heavy atom. The number of halogens is 1. The molecule has 0 fully saturated rings. The molecule has 0 heterocycles. The van der Waals surface area contributed by atoms with E-state index in [1.54, 1.807) is 12.1 Å². The van der Waals surface area contributed by atoms with Crippen LogP contribution in [0.2, 0.25) is 0 Å². The number of fused-ring (bicyclic) bond motifs is 1. The molecule has 0 spiro atoms. The Morgan fingerprint density at radius 3 is 2.85 bits per heavy atom. The average Bonchev–Trinajstić information content (AvgIpc) is 2.81. The number of phenolic OH excluding ortho intramolecular Hbond substituents is 1. The molecular weight excluding hydrogens is 253 g/mol. The van der Waals surface area contributed by atoms with Gasteiger partial charge in [-0.05, 0) is 49.1 Å². The number of benzene rings is 2. The number of hydrogen-bond acceptors (Lipinski definition) is 2. The SMILES string of the molecule is CC(NC1CCc2cc(O)ccc21)c1ccccc1F. The molecule has 2 aromatic carbocycles. The number of nitrogens with one attached hydrogen (secondary N) is 1. The van der Waals surface area contributed by atoms with Gasteiger partial charge in [0.05, 0.1) is 0 Å². The van der Waals surface area contributed by atoms with Gasteiger partial charge in [0.25, 0.3) is 0 Å². The summed E-state index contributed by atoms with van der Waals surface area (Å²) in [6.07, 6.45) is 1.93. The molecule has 0 aliphatic heterocycles. The van der Waals surface area contributed by atoms with Crippen LogP contribution in [-0.4, -0.2) is 5.11 Å². The molecule has 2 aromatic rings. The lowest BCUT2D eigenvalue weighted by molar-refractivity contribution is 0.450. The van der Waals surface area contributed by atoms with E-state index in [2.05, 4.69) is 5.32 Å². The minimum atomic E-state index is -0.170. The molecule has 0 saturated carbocycles. The number of aromatic hydroxyl groups is 1. The summed E-state index contributed by atoms with van der Waals surface area (Å²) in [4.78, 5) is 0. The lowest BCUT2D eigenvalue weighted by atomic mass is 10.0. The summed E-state index contributed by atoms with van der Waals surface area (Å²) in [7, 11) is 0. The zero-order valence-electron chi connectivity index (χ0n) is 11.4. The van der Waals surface area contributed by atoms with Crippen LogP contribution in [0.5, 0.6) is 5.75 Å². The largest absolute Gasteiger partial charge is 0.508 e. The van der Waals surface area contributed by atoms with Crippen LogP contribution >= 0.6 is 0 Å². The first-order valence-electron chi connectivity index (χ1n) is 6.97. The minimum Gasteiger partial charge on any atom is -0.508 e. The van der Waals surface area contributed by atoms with Gasteiger partial charge >= 0.3 is 0 Å². The van der Waals surface area contributed by atoms with Gasteiger partial charge in [0.1, 0.15) is 11.6 Å². The number of aryl methyl sites for hydroxylation is 1. The standard InChI is InChI=1S/C17H18FNO/c1-11(14-4-2-3-5-16(14)18)19-17-9-6-12-10-13(20)7-8-15(12)17/h2-5,7-8,10-11,17,19-20H,6,9H2,1H3. The van der Waals surface area contributed by atoms with E-state index < -0.39 is 0 Å². The third-order valence-corrected chi connectivity index (χ3v) is 4.03. The zero-order chi connectivity index (χ0) is 14.1. The third-order valence-electron chi connectivity index (χ3n) is 4.03. The van der Waals surface area contributed by atoms with Crippen molar-refractivity contribution in [2.75, 3.05) is 0 Å².